The van der Waals surface area contributed by atoms with Crippen LogP contribution < -0.4 is 0 Å². The second-order valence-electron chi connectivity index (χ2n) is 4.90. The third kappa shape index (κ3) is 2.68. The summed E-state index contributed by atoms with van der Waals surface area (Å²) in [6, 6.07) is 6.70. The highest BCUT2D eigenvalue weighted by Gasteiger charge is 2.18. The van der Waals surface area contributed by atoms with Gasteiger partial charge in [0.2, 0.25) is 0 Å². The molecular weight excluding hydrogens is 357 g/mol. The Morgan fingerprint density at radius 1 is 1.29 bits per heavy atom. The lowest BCUT2D eigenvalue weighted by Gasteiger charge is -2.11. The van der Waals surface area contributed by atoms with Crippen LogP contribution in [0.3, 0.4) is 0 Å². The van der Waals surface area contributed by atoms with Crippen LogP contribution in [0.15, 0.2) is 34.9 Å². The van der Waals surface area contributed by atoms with Gasteiger partial charge in [0.05, 0.1) is 11.1 Å². The SMILES string of the molecule is Cc1cc(F)cc(-n2c(C(C)Cl)nc3cc(Br)cnc32)c1. The molecule has 1 atom stereocenters. The summed E-state index contributed by atoms with van der Waals surface area (Å²) >= 11 is 9.61. The lowest BCUT2D eigenvalue weighted by atomic mass is 10.2. The van der Waals surface area contributed by atoms with Gasteiger partial charge in [0.1, 0.15) is 17.2 Å². The van der Waals surface area contributed by atoms with Crippen LogP contribution in [-0.2, 0) is 0 Å². The number of alkyl halides is 1. The van der Waals surface area contributed by atoms with Crippen LogP contribution in [0.1, 0.15) is 23.7 Å². The van der Waals surface area contributed by atoms with E-state index in [0.717, 1.165) is 10.0 Å². The minimum atomic E-state index is -0.318. The molecule has 2 heterocycles. The van der Waals surface area contributed by atoms with Gasteiger partial charge < -0.3 is 0 Å². The third-order valence-corrected chi connectivity index (χ3v) is 3.76. The fourth-order valence-corrected chi connectivity index (χ4v) is 2.79. The smallest absolute Gasteiger partial charge is 0.164 e. The number of hydrogen-bond acceptors (Lipinski definition) is 2. The highest BCUT2D eigenvalue weighted by Crippen LogP contribution is 2.29. The zero-order valence-electron chi connectivity index (χ0n) is 11.4. The number of hydrogen-bond donors (Lipinski definition) is 0. The number of benzene rings is 1. The van der Waals surface area contributed by atoms with Crippen molar-refractivity contribution in [2.24, 2.45) is 0 Å². The van der Waals surface area contributed by atoms with Crippen molar-refractivity contribution in [2.75, 3.05) is 0 Å². The van der Waals surface area contributed by atoms with Crippen LogP contribution in [0.5, 0.6) is 0 Å². The van der Waals surface area contributed by atoms with E-state index in [9.17, 15) is 4.39 Å². The van der Waals surface area contributed by atoms with E-state index in [1.807, 2.05) is 26.0 Å². The summed E-state index contributed by atoms with van der Waals surface area (Å²) < 4.78 is 16.4. The monoisotopic (exact) mass is 367 g/mol. The number of nitrogens with zero attached hydrogens (tertiary/aromatic N) is 3. The van der Waals surface area contributed by atoms with Gasteiger partial charge in [-0.2, -0.15) is 0 Å². The number of aryl methyl sites for hydroxylation is 1. The third-order valence-electron chi connectivity index (χ3n) is 3.13. The maximum atomic E-state index is 13.7. The van der Waals surface area contributed by atoms with E-state index in [4.69, 9.17) is 11.6 Å². The van der Waals surface area contributed by atoms with Crippen molar-refractivity contribution in [1.82, 2.24) is 14.5 Å². The average Bonchev–Trinajstić information content (AvgIpc) is 2.76. The maximum Gasteiger partial charge on any atom is 0.164 e. The molecule has 6 heteroatoms. The minimum Gasteiger partial charge on any atom is -0.279 e. The van der Waals surface area contributed by atoms with Crippen LogP contribution in [0.4, 0.5) is 4.39 Å². The molecule has 0 amide bonds. The molecule has 1 aromatic carbocycles. The Morgan fingerprint density at radius 3 is 2.71 bits per heavy atom. The van der Waals surface area contributed by atoms with Gasteiger partial charge in [-0.25, -0.2) is 14.4 Å². The first kappa shape index (κ1) is 14.5. The summed E-state index contributed by atoms with van der Waals surface area (Å²) in [6.45, 7) is 3.68. The number of pyridine rings is 1. The second-order valence-corrected chi connectivity index (χ2v) is 6.47. The quantitative estimate of drug-likeness (QED) is 0.600. The molecule has 0 bridgehead atoms. The second kappa shape index (κ2) is 5.39. The minimum absolute atomic E-state index is 0.294. The van der Waals surface area contributed by atoms with Crippen LogP contribution in [0.25, 0.3) is 16.9 Å². The normalized spacial score (nSPS) is 12.8. The van der Waals surface area contributed by atoms with E-state index in [1.165, 1.54) is 12.1 Å². The van der Waals surface area contributed by atoms with Crippen molar-refractivity contribution in [1.29, 1.82) is 0 Å². The van der Waals surface area contributed by atoms with Crippen LogP contribution in [0, 0.1) is 12.7 Å². The molecule has 0 aliphatic rings. The molecule has 2 aromatic heterocycles. The van der Waals surface area contributed by atoms with E-state index in [2.05, 4.69) is 25.9 Å². The number of imidazole rings is 1. The van der Waals surface area contributed by atoms with Gasteiger partial charge in [-0.05, 0) is 59.6 Å². The van der Waals surface area contributed by atoms with E-state index in [0.29, 0.717) is 22.7 Å². The van der Waals surface area contributed by atoms with E-state index in [-0.39, 0.29) is 11.2 Å². The molecule has 3 aromatic rings. The summed E-state index contributed by atoms with van der Waals surface area (Å²) in [7, 11) is 0. The molecule has 0 fully saturated rings. The highest BCUT2D eigenvalue weighted by molar-refractivity contribution is 9.10. The molecule has 108 valence electrons. The first-order chi connectivity index (χ1) is 9.95. The fourth-order valence-electron chi connectivity index (χ4n) is 2.33. The molecule has 0 radical (unpaired) electrons. The molecule has 0 saturated carbocycles. The van der Waals surface area contributed by atoms with Crippen molar-refractivity contribution in [2.45, 2.75) is 19.2 Å². The number of halogens is 3. The van der Waals surface area contributed by atoms with Gasteiger partial charge in [-0.3, -0.25) is 4.57 Å². The standard InChI is InChI=1S/C15H12BrClFN3/c1-8-3-11(18)6-12(4-8)21-14(9(2)17)20-13-5-10(16)7-19-15(13)21/h3-7,9H,1-2H3. The first-order valence-electron chi connectivity index (χ1n) is 6.41. The summed E-state index contributed by atoms with van der Waals surface area (Å²) in [5, 5.41) is -0.318. The molecule has 0 saturated heterocycles. The molecule has 3 nitrogen and oxygen atoms in total. The summed E-state index contributed by atoms with van der Waals surface area (Å²) in [4.78, 5) is 8.92. The Hall–Kier alpha value is -1.46. The van der Waals surface area contributed by atoms with Gasteiger partial charge in [-0.15, -0.1) is 11.6 Å². The van der Waals surface area contributed by atoms with Gasteiger partial charge in [-0.1, -0.05) is 0 Å². The van der Waals surface area contributed by atoms with Crippen molar-refractivity contribution in [3.8, 4) is 5.69 Å². The largest absolute Gasteiger partial charge is 0.279 e. The predicted octanol–water partition coefficient (Wildman–Crippen LogP) is 4.93. The van der Waals surface area contributed by atoms with E-state index in [1.54, 1.807) is 10.8 Å². The van der Waals surface area contributed by atoms with Crippen molar-refractivity contribution in [3.63, 3.8) is 0 Å². The predicted molar refractivity (Wildman–Crippen MR) is 85.5 cm³/mol. The molecule has 0 spiro atoms. The van der Waals surface area contributed by atoms with Crippen LogP contribution >= 0.6 is 27.5 Å². The Morgan fingerprint density at radius 2 is 2.05 bits per heavy atom. The lowest BCUT2D eigenvalue weighted by molar-refractivity contribution is 0.625. The zero-order valence-corrected chi connectivity index (χ0v) is 13.8. The molecule has 0 aliphatic heterocycles. The molecule has 3 rings (SSSR count). The summed E-state index contributed by atoms with van der Waals surface area (Å²) in [6.07, 6.45) is 1.69. The Balaban J connectivity index is 2.36. The molecule has 21 heavy (non-hydrogen) atoms. The van der Waals surface area contributed by atoms with Gasteiger partial charge in [0.25, 0.3) is 0 Å². The number of aromatic nitrogens is 3. The Labute approximate surface area is 134 Å². The van der Waals surface area contributed by atoms with Crippen LogP contribution in [-0.4, -0.2) is 14.5 Å². The van der Waals surface area contributed by atoms with Crippen molar-refractivity contribution < 1.29 is 4.39 Å². The maximum absolute atomic E-state index is 13.7. The number of rotatable bonds is 2. The van der Waals surface area contributed by atoms with Crippen LogP contribution in [0.2, 0.25) is 0 Å². The van der Waals surface area contributed by atoms with Gasteiger partial charge in [0.15, 0.2) is 5.65 Å². The summed E-state index contributed by atoms with van der Waals surface area (Å²) in [5.74, 6) is 0.347. The van der Waals surface area contributed by atoms with E-state index < -0.39 is 0 Å². The fraction of sp³-hybridized carbons (Fsp3) is 0.200. The van der Waals surface area contributed by atoms with Gasteiger partial charge >= 0.3 is 0 Å². The van der Waals surface area contributed by atoms with E-state index >= 15 is 0 Å². The van der Waals surface area contributed by atoms with Gasteiger partial charge in [0, 0.05) is 10.7 Å². The average molecular weight is 369 g/mol. The lowest BCUT2D eigenvalue weighted by Crippen LogP contribution is -2.03. The van der Waals surface area contributed by atoms with Crippen molar-refractivity contribution in [3.05, 3.63) is 52.1 Å². The first-order valence-corrected chi connectivity index (χ1v) is 7.64. The molecule has 1 unspecified atom stereocenters. The highest BCUT2D eigenvalue weighted by atomic mass is 79.9. The van der Waals surface area contributed by atoms with Crippen molar-refractivity contribution >= 4 is 38.7 Å². The Bertz CT molecular complexity index is 809. The molecule has 0 N–H and O–H groups in total. The molecule has 0 aliphatic carbocycles. The Kier molecular flexibility index (Phi) is 3.71. The topological polar surface area (TPSA) is 30.7 Å². The zero-order chi connectivity index (χ0) is 15.1. The number of fused-ring (bicyclic) bond motifs is 1. The summed E-state index contributed by atoms with van der Waals surface area (Å²) in [5.41, 5.74) is 2.88. The molecular formula is C15H12BrClFN3.